The number of thiazole rings is 1. The first-order valence-electron chi connectivity index (χ1n) is 5.90. The van der Waals surface area contributed by atoms with Gasteiger partial charge in [0.05, 0.1) is 11.6 Å². The zero-order valence-electron chi connectivity index (χ0n) is 10.3. The van der Waals surface area contributed by atoms with Gasteiger partial charge in [-0.2, -0.15) is 0 Å². The molecule has 0 amide bonds. The number of rotatable bonds is 5. The Bertz CT molecular complexity index is 543. The molecule has 0 saturated heterocycles. The van der Waals surface area contributed by atoms with E-state index in [1.807, 2.05) is 6.92 Å². The lowest BCUT2D eigenvalue weighted by Gasteiger charge is -2.18. The number of aromatic nitrogens is 1. The third-order valence-corrected chi connectivity index (χ3v) is 3.55. The first kappa shape index (κ1) is 14.0. The smallest absolute Gasteiger partial charge is 0.194 e. The summed E-state index contributed by atoms with van der Waals surface area (Å²) < 4.78 is 40.2. The molecule has 19 heavy (non-hydrogen) atoms. The van der Waals surface area contributed by atoms with Crippen LogP contribution in [0.25, 0.3) is 0 Å². The molecule has 0 spiro atoms. The average Bonchev–Trinajstić information content (AvgIpc) is 2.92. The van der Waals surface area contributed by atoms with Crippen molar-refractivity contribution in [2.75, 3.05) is 6.54 Å². The summed E-state index contributed by atoms with van der Waals surface area (Å²) in [4.78, 5) is 4.70. The predicted octanol–water partition coefficient (Wildman–Crippen LogP) is 3.65. The maximum absolute atomic E-state index is 13.9. The predicted molar refractivity (Wildman–Crippen MR) is 68.6 cm³/mol. The Morgan fingerprint density at radius 3 is 2.68 bits per heavy atom. The molecule has 1 atom stereocenters. The van der Waals surface area contributed by atoms with E-state index in [0.29, 0.717) is 6.54 Å². The molecule has 0 aliphatic rings. The highest BCUT2D eigenvalue weighted by atomic mass is 32.1. The van der Waals surface area contributed by atoms with Gasteiger partial charge in [0.2, 0.25) is 0 Å². The molecule has 2 nitrogen and oxygen atoms in total. The van der Waals surface area contributed by atoms with Crippen LogP contribution < -0.4 is 5.32 Å². The van der Waals surface area contributed by atoms with Gasteiger partial charge in [-0.05, 0) is 19.0 Å². The minimum absolute atomic E-state index is 0.0941. The lowest BCUT2D eigenvalue weighted by atomic mass is 10.0. The molecule has 2 aromatic rings. The van der Waals surface area contributed by atoms with E-state index in [2.05, 4.69) is 10.3 Å². The first-order valence-corrected chi connectivity index (χ1v) is 6.78. The summed E-state index contributed by atoms with van der Waals surface area (Å²) in [6, 6.07) is 1.69. The summed E-state index contributed by atoms with van der Waals surface area (Å²) in [6.07, 6.45) is 2.44. The Morgan fingerprint density at radius 2 is 2.05 bits per heavy atom. The van der Waals surface area contributed by atoms with E-state index in [-0.39, 0.29) is 5.56 Å². The third-order valence-electron chi connectivity index (χ3n) is 2.71. The molecule has 1 N–H and O–H groups in total. The Kier molecular flexibility index (Phi) is 4.55. The molecule has 102 valence electrons. The third kappa shape index (κ3) is 2.96. The van der Waals surface area contributed by atoms with Gasteiger partial charge >= 0.3 is 0 Å². The largest absolute Gasteiger partial charge is 0.305 e. The molecular weight excluding hydrogens is 273 g/mol. The van der Waals surface area contributed by atoms with Crippen LogP contribution in [0.4, 0.5) is 13.2 Å². The van der Waals surface area contributed by atoms with Crippen LogP contribution in [0, 0.1) is 17.5 Å². The van der Waals surface area contributed by atoms with Gasteiger partial charge in [-0.25, -0.2) is 13.2 Å². The molecule has 0 saturated carbocycles. The molecule has 0 fully saturated rings. The van der Waals surface area contributed by atoms with Crippen molar-refractivity contribution >= 4 is 11.3 Å². The van der Waals surface area contributed by atoms with E-state index in [4.69, 9.17) is 0 Å². The molecule has 0 radical (unpaired) electrons. The van der Waals surface area contributed by atoms with Crippen LogP contribution in [0.3, 0.4) is 0 Å². The molecule has 1 heterocycles. The Balaban J connectivity index is 2.41. The van der Waals surface area contributed by atoms with Crippen LogP contribution in [0.5, 0.6) is 0 Å². The highest BCUT2D eigenvalue weighted by molar-refractivity contribution is 7.09. The van der Waals surface area contributed by atoms with E-state index in [0.717, 1.165) is 17.4 Å². The number of nitrogens with one attached hydrogen (secondary N) is 1. The molecule has 1 unspecified atom stereocenters. The van der Waals surface area contributed by atoms with Crippen molar-refractivity contribution < 1.29 is 13.2 Å². The van der Waals surface area contributed by atoms with Crippen molar-refractivity contribution in [3.63, 3.8) is 0 Å². The second-order valence-corrected chi connectivity index (χ2v) is 4.97. The lowest BCUT2D eigenvalue weighted by molar-refractivity contribution is 0.433. The molecule has 2 rings (SSSR count). The van der Waals surface area contributed by atoms with Crippen LogP contribution in [0.2, 0.25) is 0 Å². The fourth-order valence-corrected chi connectivity index (χ4v) is 2.50. The molecule has 6 heteroatoms. The van der Waals surface area contributed by atoms with Gasteiger partial charge in [0.15, 0.2) is 17.5 Å². The second-order valence-electron chi connectivity index (χ2n) is 4.06. The van der Waals surface area contributed by atoms with Crippen LogP contribution in [0.1, 0.15) is 29.8 Å². The summed E-state index contributed by atoms with van der Waals surface area (Å²) in [5.74, 6) is -3.77. The van der Waals surface area contributed by atoms with Gasteiger partial charge in [0.1, 0.15) is 0 Å². The van der Waals surface area contributed by atoms with Gasteiger partial charge < -0.3 is 5.32 Å². The van der Waals surface area contributed by atoms with E-state index >= 15 is 0 Å². The number of benzene rings is 1. The fourth-order valence-electron chi connectivity index (χ4n) is 1.78. The summed E-state index contributed by atoms with van der Waals surface area (Å²) in [6.45, 7) is 2.61. The van der Waals surface area contributed by atoms with Gasteiger partial charge in [-0.1, -0.05) is 13.0 Å². The SMILES string of the molecule is CCCNC(c1cncs1)c1ccc(F)c(F)c1F. The van der Waals surface area contributed by atoms with Gasteiger partial charge in [-0.15, -0.1) is 11.3 Å². The molecule has 0 aliphatic carbocycles. The van der Waals surface area contributed by atoms with Gasteiger partial charge in [0.25, 0.3) is 0 Å². The highest BCUT2D eigenvalue weighted by Gasteiger charge is 2.22. The molecule has 0 bridgehead atoms. The van der Waals surface area contributed by atoms with Crippen molar-refractivity contribution in [1.82, 2.24) is 10.3 Å². The summed E-state index contributed by atoms with van der Waals surface area (Å²) in [5, 5.41) is 3.12. The highest BCUT2D eigenvalue weighted by Crippen LogP contribution is 2.28. The van der Waals surface area contributed by atoms with E-state index in [9.17, 15) is 13.2 Å². The number of hydrogen-bond acceptors (Lipinski definition) is 3. The molecule has 0 aliphatic heterocycles. The molecule has 1 aromatic carbocycles. The Morgan fingerprint density at radius 1 is 1.26 bits per heavy atom. The van der Waals surface area contributed by atoms with Gasteiger partial charge in [0, 0.05) is 16.6 Å². The number of hydrogen-bond donors (Lipinski definition) is 1. The van der Waals surface area contributed by atoms with Crippen LogP contribution in [0.15, 0.2) is 23.8 Å². The number of halogens is 3. The van der Waals surface area contributed by atoms with Crippen LogP contribution in [-0.2, 0) is 0 Å². The van der Waals surface area contributed by atoms with E-state index < -0.39 is 23.5 Å². The second kappa shape index (κ2) is 6.16. The van der Waals surface area contributed by atoms with Crippen molar-refractivity contribution in [3.8, 4) is 0 Å². The van der Waals surface area contributed by atoms with Crippen molar-refractivity contribution in [2.45, 2.75) is 19.4 Å². The summed E-state index contributed by atoms with van der Waals surface area (Å²) in [7, 11) is 0. The summed E-state index contributed by atoms with van der Waals surface area (Å²) in [5.41, 5.74) is 1.71. The average molecular weight is 286 g/mol. The first-order chi connectivity index (χ1) is 9.15. The van der Waals surface area contributed by atoms with Crippen molar-refractivity contribution in [1.29, 1.82) is 0 Å². The van der Waals surface area contributed by atoms with Crippen molar-refractivity contribution in [3.05, 3.63) is 51.7 Å². The zero-order valence-corrected chi connectivity index (χ0v) is 11.1. The van der Waals surface area contributed by atoms with Crippen LogP contribution in [-0.4, -0.2) is 11.5 Å². The Labute approximate surface area is 113 Å². The van der Waals surface area contributed by atoms with Crippen LogP contribution >= 0.6 is 11.3 Å². The minimum atomic E-state index is -1.44. The van der Waals surface area contributed by atoms with E-state index in [1.54, 1.807) is 11.7 Å². The minimum Gasteiger partial charge on any atom is -0.305 e. The quantitative estimate of drug-likeness (QED) is 0.849. The maximum atomic E-state index is 13.9. The normalized spacial score (nSPS) is 12.6. The topological polar surface area (TPSA) is 24.9 Å². The Hall–Kier alpha value is -1.40. The monoisotopic (exact) mass is 286 g/mol. The van der Waals surface area contributed by atoms with E-state index in [1.165, 1.54) is 17.4 Å². The lowest BCUT2D eigenvalue weighted by Crippen LogP contribution is -2.24. The van der Waals surface area contributed by atoms with Crippen molar-refractivity contribution in [2.24, 2.45) is 0 Å². The zero-order chi connectivity index (χ0) is 13.8. The molecule has 1 aromatic heterocycles. The maximum Gasteiger partial charge on any atom is 0.194 e. The fraction of sp³-hybridized carbons (Fsp3) is 0.308. The standard InChI is InChI=1S/C13H13F3N2S/c1-2-5-18-13(10-6-17-7-19-10)8-3-4-9(14)12(16)11(8)15/h3-4,6-7,13,18H,2,5H2,1H3. The molecular formula is C13H13F3N2S. The number of nitrogens with zero attached hydrogens (tertiary/aromatic N) is 1. The summed E-state index contributed by atoms with van der Waals surface area (Å²) >= 11 is 1.34. The van der Waals surface area contributed by atoms with Gasteiger partial charge in [-0.3, -0.25) is 4.98 Å².